The van der Waals surface area contributed by atoms with E-state index in [0.29, 0.717) is 43.3 Å². The summed E-state index contributed by atoms with van der Waals surface area (Å²) in [7, 11) is 2.15. The highest BCUT2D eigenvalue weighted by atomic mass is 19.1. The lowest BCUT2D eigenvalue weighted by atomic mass is 10.2. The van der Waals surface area contributed by atoms with Gasteiger partial charge in [0.05, 0.1) is 24.5 Å². The Morgan fingerprint density at radius 3 is 2.38 bits per heavy atom. The first-order valence-electron chi connectivity index (χ1n) is 14.4. The van der Waals surface area contributed by atoms with Crippen LogP contribution in [0.4, 0.5) is 20.6 Å². The number of carbonyl (C=O) groups excluding carboxylic acids is 3. The fraction of sp³-hybridized carbons (Fsp3) is 0.500. The predicted molar refractivity (Wildman–Crippen MR) is 156 cm³/mol. The van der Waals surface area contributed by atoms with E-state index < -0.39 is 18.0 Å². The van der Waals surface area contributed by atoms with Crippen LogP contribution in [0.5, 0.6) is 5.75 Å². The minimum Gasteiger partial charge on any atom is -0.484 e. The molecule has 0 radical (unpaired) electrons. The van der Waals surface area contributed by atoms with Crippen molar-refractivity contribution in [2.75, 3.05) is 88.9 Å². The van der Waals surface area contributed by atoms with Crippen molar-refractivity contribution in [1.82, 2.24) is 20.0 Å². The second-order valence-electron chi connectivity index (χ2n) is 11.1. The molecular formula is C30H39FN6O5. The van der Waals surface area contributed by atoms with Crippen LogP contribution in [0.1, 0.15) is 12.5 Å². The molecule has 3 amide bonds. The summed E-state index contributed by atoms with van der Waals surface area (Å²) >= 11 is 0. The van der Waals surface area contributed by atoms with Crippen molar-refractivity contribution in [3.05, 3.63) is 53.8 Å². The van der Waals surface area contributed by atoms with Crippen LogP contribution in [0.25, 0.3) is 0 Å². The van der Waals surface area contributed by atoms with E-state index in [9.17, 15) is 14.4 Å². The second kappa shape index (κ2) is 13.4. The minimum absolute atomic E-state index is 0.0459. The molecule has 0 spiro atoms. The Bertz CT molecular complexity index is 1260. The molecule has 0 unspecified atom stereocenters. The molecule has 1 N–H and O–H groups in total. The van der Waals surface area contributed by atoms with Gasteiger partial charge in [-0.05, 0) is 42.9 Å². The van der Waals surface area contributed by atoms with Gasteiger partial charge >= 0.3 is 6.09 Å². The molecule has 2 aromatic carbocycles. The van der Waals surface area contributed by atoms with Crippen LogP contribution in [0.15, 0.2) is 42.5 Å². The van der Waals surface area contributed by atoms with E-state index >= 15 is 4.39 Å². The fourth-order valence-electron chi connectivity index (χ4n) is 5.40. The molecule has 11 nitrogen and oxygen atoms in total. The number of benzene rings is 2. The lowest BCUT2D eigenvalue weighted by Gasteiger charge is -2.36. The highest BCUT2D eigenvalue weighted by Gasteiger charge is 2.33. The molecule has 0 aliphatic carbocycles. The van der Waals surface area contributed by atoms with Crippen LogP contribution >= 0.6 is 0 Å². The second-order valence-corrected chi connectivity index (χ2v) is 11.1. The summed E-state index contributed by atoms with van der Waals surface area (Å²) in [5, 5.41) is 2.62. The molecule has 3 saturated heterocycles. The minimum atomic E-state index is -0.576. The van der Waals surface area contributed by atoms with Crippen LogP contribution in [0.2, 0.25) is 0 Å². The number of rotatable bonds is 9. The maximum absolute atomic E-state index is 15.1. The van der Waals surface area contributed by atoms with E-state index in [2.05, 4.69) is 22.2 Å². The zero-order valence-corrected chi connectivity index (χ0v) is 24.3. The SMILES string of the molecule is CC(=O)NC[C@H]1CN(c2ccc(N3CCN(C(=O)COc4ccc(CN5CCN(C)CC5)cc4)CC3)c(F)c2)C(=O)O1. The van der Waals surface area contributed by atoms with E-state index in [0.717, 1.165) is 32.7 Å². The Morgan fingerprint density at radius 1 is 1.00 bits per heavy atom. The van der Waals surface area contributed by atoms with Gasteiger partial charge in [0.25, 0.3) is 5.91 Å². The number of anilines is 2. The summed E-state index contributed by atoms with van der Waals surface area (Å²) in [4.78, 5) is 46.0. The molecule has 5 rings (SSSR count). The molecule has 3 aliphatic rings. The average molecular weight is 583 g/mol. The molecule has 0 saturated carbocycles. The molecule has 3 aliphatic heterocycles. The van der Waals surface area contributed by atoms with E-state index in [1.54, 1.807) is 17.0 Å². The number of carbonyl (C=O) groups is 3. The first-order valence-corrected chi connectivity index (χ1v) is 14.4. The van der Waals surface area contributed by atoms with Gasteiger partial charge in [-0.3, -0.25) is 19.4 Å². The molecule has 3 fully saturated rings. The van der Waals surface area contributed by atoms with Crippen LogP contribution in [0, 0.1) is 5.82 Å². The quantitative estimate of drug-likeness (QED) is 0.478. The zero-order chi connectivity index (χ0) is 29.6. The smallest absolute Gasteiger partial charge is 0.414 e. The number of hydrogen-bond acceptors (Lipinski definition) is 8. The summed E-state index contributed by atoms with van der Waals surface area (Å²) < 4.78 is 26.2. The number of likely N-dealkylation sites (N-methyl/N-ethyl adjacent to an activating group) is 1. The lowest BCUT2D eigenvalue weighted by Crippen LogP contribution is -2.50. The van der Waals surface area contributed by atoms with Crippen molar-refractivity contribution >= 4 is 29.3 Å². The lowest BCUT2D eigenvalue weighted by molar-refractivity contribution is -0.133. The Balaban J connectivity index is 1.06. The Hall–Kier alpha value is -3.90. The van der Waals surface area contributed by atoms with E-state index in [4.69, 9.17) is 9.47 Å². The molecule has 0 aromatic heterocycles. The van der Waals surface area contributed by atoms with Crippen molar-refractivity contribution in [3.63, 3.8) is 0 Å². The number of hydrogen-bond donors (Lipinski definition) is 1. The van der Waals surface area contributed by atoms with E-state index in [-0.39, 0.29) is 31.5 Å². The van der Waals surface area contributed by atoms with Crippen molar-refractivity contribution in [2.24, 2.45) is 0 Å². The maximum atomic E-state index is 15.1. The van der Waals surface area contributed by atoms with Gasteiger partial charge in [-0.15, -0.1) is 0 Å². The van der Waals surface area contributed by atoms with Crippen molar-refractivity contribution < 1.29 is 28.2 Å². The molecule has 3 heterocycles. The number of ether oxygens (including phenoxy) is 2. The molecule has 1 atom stereocenters. The van der Waals surface area contributed by atoms with Gasteiger partial charge < -0.3 is 29.5 Å². The normalized spacial score (nSPS) is 20.0. The summed E-state index contributed by atoms with van der Waals surface area (Å²) in [5.41, 5.74) is 2.03. The largest absolute Gasteiger partial charge is 0.484 e. The van der Waals surface area contributed by atoms with Crippen LogP contribution < -0.4 is 19.9 Å². The van der Waals surface area contributed by atoms with E-state index in [1.165, 1.54) is 23.5 Å². The molecule has 0 bridgehead atoms. The number of amides is 3. The van der Waals surface area contributed by atoms with Gasteiger partial charge in [0, 0.05) is 65.8 Å². The van der Waals surface area contributed by atoms with Gasteiger partial charge in [0.15, 0.2) is 6.61 Å². The summed E-state index contributed by atoms with van der Waals surface area (Å²) in [6.45, 7) is 8.84. The van der Waals surface area contributed by atoms with Gasteiger partial charge in [0.1, 0.15) is 17.7 Å². The number of cyclic esters (lactones) is 1. The summed E-state index contributed by atoms with van der Waals surface area (Å²) in [5.74, 6) is -0.108. The Kier molecular flexibility index (Phi) is 9.43. The standard InChI is InChI=1S/C30H39FN6O5/c1-22(38)32-18-26-20-37(30(40)42-26)24-5-8-28(27(31)17-24)35-13-15-36(16-14-35)29(39)21-41-25-6-3-23(4-7-25)19-34-11-9-33(2)10-12-34/h3-8,17,26H,9-16,18-21H2,1-2H3,(H,32,38)/t26-/m0/s1. The van der Waals surface area contributed by atoms with Crippen LogP contribution in [0.3, 0.4) is 0 Å². The number of piperazine rings is 2. The third-order valence-electron chi connectivity index (χ3n) is 7.96. The molecule has 12 heteroatoms. The van der Waals surface area contributed by atoms with Gasteiger partial charge in [-0.25, -0.2) is 9.18 Å². The van der Waals surface area contributed by atoms with Crippen molar-refractivity contribution in [2.45, 2.75) is 19.6 Å². The highest BCUT2D eigenvalue weighted by Crippen LogP contribution is 2.28. The Morgan fingerprint density at radius 2 is 1.71 bits per heavy atom. The van der Waals surface area contributed by atoms with Crippen LogP contribution in [-0.2, 0) is 20.9 Å². The monoisotopic (exact) mass is 582 g/mol. The third-order valence-corrected chi connectivity index (χ3v) is 7.96. The van der Waals surface area contributed by atoms with Crippen molar-refractivity contribution in [1.29, 1.82) is 0 Å². The summed E-state index contributed by atoms with van der Waals surface area (Å²) in [6, 6.07) is 12.6. The van der Waals surface area contributed by atoms with Crippen LogP contribution in [-0.4, -0.2) is 118 Å². The van der Waals surface area contributed by atoms with E-state index in [1.807, 2.05) is 29.2 Å². The highest BCUT2D eigenvalue weighted by molar-refractivity contribution is 5.90. The first-order chi connectivity index (χ1) is 20.2. The molecule has 2 aromatic rings. The van der Waals surface area contributed by atoms with Gasteiger partial charge in [0.2, 0.25) is 5.91 Å². The number of nitrogens with zero attached hydrogens (tertiary/aromatic N) is 5. The Labute approximate surface area is 245 Å². The zero-order valence-electron chi connectivity index (χ0n) is 24.3. The summed E-state index contributed by atoms with van der Waals surface area (Å²) in [6.07, 6.45) is -1.07. The molecular weight excluding hydrogens is 543 g/mol. The fourth-order valence-corrected chi connectivity index (χ4v) is 5.40. The van der Waals surface area contributed by atoms with Gasteiger partial charge in [-0.1, -0.05) is 12.1 Å². The maximum Gasteiger partial charge on any atom is 0.414 e. The molecule has 42 heavy (non-hydrogen) atoms. The number of nitrogens with one attached hydrogen (secondary N) is 1. The average Bonchev–Trinajstić information content (AvgIpc) is 3.37. The predicted octanol–water partition coefficient (Wildman–Crippen LogP) is 1.76. The van der Waals surface area contributed by atoms with Gasteiger partial charge in [-0.2, -0.15) is 0 Å². The third kappa shape index (κ3) is 7.48. The topological polar surface area (TPSA) is 97.9 Å². The first kappa shape index (κ1) is 29.6. The number of halogens is 1. The van der Waals surface area contributed by atoms with Crippen molar-refractivity contribution in [3.8, 4) is 5.75 Å². The molecule has 226 valence electrons.